The van der Waals surface area contributed by atoms with Crippen molar-refractivity contribution in [2.45, 2.75) is 26.3 Å². The fourth-order valence-corrected chi connectivity index (χ4v) is 4.85. The number of benzene rings is 3. The van der Waals surface area contributed by atoms with E-state index in [0.717, 1.165) is 21.3 Å². The Balaban J connectivity index is 1.63. The summed E-state index contributed by atoms with van der Waals surface area (Å²) in [6.45, 7) is 4.68. The van der Waals surface area contributed by atoms with Crippen molar-refractivity contribution in [2.24, 2.45) is 0 Å². The molecule has 176 valence electrons. The van der Waals surface area contributed by atoms with Crippen molar-refractivity contribution in [3.05, 3.63) is 66.7 Å². The highest BCUT2D eigenvalue weighted by atomic mass is 32.2. The first kappa shape index (κ1) is 24.4. The molecule has 33 heavy (non-hydrogen) atoms. The second-order valence-electron chi connectivity index (χ2n) is 7.56. The molecule has 0 fully saturated rings. The number of carbonyl (C=O) groups excluding carboxylic acids is 1. The highest BCUT2D eigenvalue weighted by molar-refractivity contribution is 7.92. The van der Waals surface area contributed by atoms with Crippen LogP contribution in [0.2, 0.25) is 0 Å². The summed E-state index contributed by atoms with van der Waals surface area (Å²) < 4.78 is 37.5. The van der Waals surface area contributed by atoms with Crippen LogP contribution in [0.4, 0.5) is 5.69 Å². The molecule has 0 aliphatic carbocycles. The van der Waals surface area contributed by atoms with Crippen molar-refractivity contribution in [2.75, 3.05) is 30.3 Å². The van der Waals surface area contributed by atoms with Crippen molar-refractivity contribution >= 4 is 32.4 Å². The highest BCUT2D eigenvalue weighted by Crippen LogP contribution is 2.25. The fraction of sp³-hybridized carbons (Fsp3) is 0.320. The molecule has 1 N–H and O–H groups in total. The van der Waals surface area contributed by atoms with Gasteiger partial charge in [0.2, 0.25) is 15.9 Å². The molecule has 0 aromatic heterocycles. The van der Waals surface area contributed by atoms with Gasteiger partial charge in [-0.15, -0.1) is 0 Å². The van der Waals surface area contributed by atoms with Crippen LogP contribution in [0.3, 0.4) is 0 Å². The predicted octanol–water partition coefficient (Wildman–Crippen LogP) is 3.98. The topological polar surface area (TPSA) is 84.9 Å². The fourth-order valence-electron chi connectivity index (χ4n) is 3.63. The zero-order valence-corrected chi connectivity index (χ0v) is 20.0. The lowest BCUT2D eigenvalue weighted by molar-refractivity contribution is -0.122. The summed E-state index contributed by atoms with van der Waals surface area (Å²) in [6.07, 6.45) is 1.42. The van der Waals surface area contributed by atoms with Gasteiger partial charge in [0, 0.05) is 0 Å². The molecule has 7 nitrogen and oxygen atoms in total. The Morgan fingerprint density at radius 1 is 0.939 bits per heavy atom. The van der Waals surface area contributed by atoms with Gasteiger partial charge in [-0.2, -0.15) is 0 Å². The van der Waals surface area contributed by atoms with Crippen LogP contribution in [0.1, 0.15) is 20.3 Å². The van der Waals surface area contributed by atoms with E-state index in [1.165, 1.54) is 0 Å². The number of hydrogen-bond donors (Lipinski definition) is 1. The van der Waals surface area contributed by atoms with Crippen LogP contribution >= 0.6 is 0 Å². The van der Waals surface area contributed by atoms with Crippen LogP contribution in [0.15, 0.2) is 66.7 Å². The summed E-state index contributed by atoms with van der Waals surface area (Å²) in [7, 11) is -3.69. The third-order valence-electron chi connectivity index (χ3n) is 5.12. The van der Waals surface area contributed by atoms with Crippen LogP contribution in [0, 0.1) is 0 Å². The molecule has 3 aromatic rings. The van der Waals surface area contributed by atoms with Crippen LogP contribution in [-0.4, -0.2) is 46.4 Å². The Labute approximate surface area is 195 Å². The molecule has 8 heteroatoms. The molecule has 1 atom stereocenters. The summed E-state index contributed by atoms with van der Waals surface area (Å²) in [6, 6.07) is 19.6. The van der Waals surface area contributed by atoms with Crippen LogP contribution < -0.4 is 19.1 Å². The number of ether oxygens (including phenoxy) is 2. The van der Waals surface area contributed by atoms with Gasteiger partial charge < -0.3 is 14.8 Å². The van der Waals surface area contributed by atoms with Gasteiger partial charge in [0.05, 0.1) is 25.1 Å². The average Bonchev–Trinajstić information content (AvgIpc) is 2.80. The smallest absolute Gasteiger partial charge is 0.244 e. The molecule has 0 aliphatic rings. The Morgan fingerprint density at radius 2 is 1.61 bits per heavy atom. The maximum absolute atomic E-state index is 12.9. The van der Waals surface area contributed by atoms with Crippen LogP contribution in [0.5, 0.6) is 11.5 Å². The van der Waals surface area contributed by atoms with Gasteiger partial charge >= 0.3 is 0 Å². The van der Waals surface area contributed by atoms with Crippen molar-refractivity contribution in [3.63, 3.8) is 0 Å². The summed E-state index contributed by atoms with van der Waals surface area (Å²) in [5.41, 5.74) is 0.412. The lowest BCUT2D eigenvalue weighted by Gasteiger charge is -2.30. The molecular formula is C25H30N2O5S. The monoisotopic (exact) mass is 470 g/mol. The van der Waals surface area contributed by atoms with E-state index < -0.39 is 16.1 Å². The van der Waals surface area contributed by atoms with Gasteiger partial charge in [0.1, 0.15) is 24.1 Å². The molecule has 0 spiro atoms. The summed E-state index contributed by atoms with van der Waals surface area (Å²) >= 11 is 0. The standard InChI is InChI=1S/C25H30N2O5S/c1-4-24(27(33(3,29)30)21-11-14-22(15-12-21)31-5-2)25(28)26-16-17-32-23-13-10-19-8-6-7-9-20(19)18-23/h6-15,18,24H,4-5,16-17H2,1-3H3,(H,26,28)/t24-/m1/s1. The normalized spacial score (nSPS) is 12.2. The molecule has 0 heterocycles. The van der Waals surface area contributed by atoms with Gasteiger partial charge in [-0.05, 0) is 60.5 Å². The minimum absolute atomic E-state index is 0.253. The number of rotatable bonds is 11. The number of nitrogens with zero attached hydrogens (tertiary/aromatic N) is 1. The minimum Gasteiger partial charge on any atom is -0.494 e. The third kappa shape index (κ3) is 6.38. The van der Waals surface area contributed by atoms with Crippen LogP contribution in [-0.2, 0) is 14.8 Å². The number of anilines is 1. The lowest BCUT2D eigenvalue weighted by atomic mass is 10.1. The van der Waals surface area contributed by atoms with Crippen molar-refractivity contribution in [1.29, 1.82) is 0 Å². The molecule has 3 rings (SSSR count). The van der Waals surface area contributed by atoms with Crippen LogP contribution in [0.25, 0.3) is 10.8 Å². The van der Waals surface area contributed by atoms with Crippen molar-refractivity contribution in [1.82, 2.24) is 5.32 Å². The Bertz CT molecular complexity index is 1180. The van der Waals surface area contributed by atoms with E-state index in [0.29, 0.717) is 30.2 Å². The minimum atomic E-state index is -3.69. The Morgan fingerprint density at radius 3 is 2.24 bits per heavy atom. The Hall–Kier alpha value is -3.26. The lowest BCUT2D eigenvalue weighted by Crippen LogP contribution is -2.50. The maximum Gasteiger partial charge on any atom is 0.244 e. The summed E-state index contributed by atoms with van der Waals surface area (Å²) in [5.74, 6) is 0.971. The quantitative estimate of drug-likeness (QED) is 0.429. The molecule has 3 aromatic carbocycles. The second-order valence-corrected chi connectivity index (χ2v) is 9.42. The zero-order chi connectivity index (χ0) is 23.8. The van der Waals surface area contributed by atoms with Gasteiger partial charge in [-0.1, -0.05) is 37.3 Å². The van der Waals surface area contributed by atoms with E-state index in [4.69, 9.17) is 9.47 Å². The number of nitrogens with one attached hydrogen (secondary N) is 1. The van der Waals surface area contributed by atoms with Gasteiger partial charge in [0.25, 0.3) is 0 Å². The molecule has 0 aliphatic heterocycles. The first-order chi connectivity index (χ1) is 15.8. The van der Waals surface area contributed by atoms with E-state index in [-0.39, 0.29) is 19.1 Å². The van der Waals surface area contributed by atoms with Gasteiger partial charge in [-0.3, -0.25) is 9.10 Å². The zero-order valence-electron chi connectivity index (χ0n) is 19.2. The highest BCUT2D eigenvalue weighted by Gasteiger charge is 2.31. The second kappa shape index (κ2) is 11.0. The first-order valence-electron chi connectivity index (χ1n) is 10.9. The molecular weight excluding hydrogens is 440 g/mol. The van der Waals surface area contributed by atoms with E-state index >= 15 is 0 Å². The molecule has 0 saturated heterocycles. The predicted molar refractivity (Wildman–Crippen MR) is 131 cm³/mol. The molecule has 0 bridgehead atoms. The van der Waals surface area contributed by atoms with E-state index in [1.807, 2.05) is 49.4 Å². The number of sulfonamides is 1. The van der Waals surface area contributed by atoms with Gasteiger partial charge in [-0.25, -0.2) is 8.42 Å². The Kier molecular flexibility index (Phi) is 8.16. The number of fused-ring (bicyclic) bond motifs is 1. The number of carbonyl (C=O) groups is 1. The van der Waals surface area contributed by atoms with Crippen molar-refractivity contribution in [3.8, 4) is 11.5 Å². The summed E-state index contributed by atoms with van der Waals surface area (Å²) in [4.78, 5) is 12.9. The number of hydrogen-bond acceptors (Lipinski definition) is 5. The largest absolute Gasteiger partial charge is 0.494 e. The average molecular weight is 471 g/mol. The van der Waals surface area contributed by atoms with Gasteiger partial charge in [0.15, 0.2) is 0 Å². The molecule has 1 amide bonds. The van der Waals surface area contributed by atoms with E-state index in [9.17, 15) is 13.2 Å². The SMILES string of the molecule is CCOc1ccc(N([C@H](CC)C(=O)NCCOc2ccc3ccccc3c2)S(C)(=O)=O)cc1. The van der Waals surface area contributed by atoms with E-state index in [1.54, 1.807) is 31.2 Å². The van der Waals surface area contributed by atoms with E-state index in [2.05, 4.69) is 5.32 Å². The summed E-state index contributed by atoms with van der Waals surface area (Å²) in [5, 5.41) is 5.00. The molecule has 0 radical (unpaired) electrons. The first-order valence-corrected chi connectivity index (χ1v) is 12.8. The molecule has 0 saturated carbocycles. The molecule has 0 unspecified atom stereocenters. The van der Waals surface area contributed by atoms with Crippen molar-refractivity contribution < 1.29 is 22.7 Å². The maximum atomic E-state index is 12.9. The third-order valence-corrected chi connectivity index (χ3v) is 6.30. The number of amides is 1.